The third-order valence-corrected chi connectivity index (χ3v) is 4.77. The topological polar surface area (TPSA) is 72.2 Å². The van der Waals surface area contributed by atoms with E-state index >= 15 is 0 Å². The molecular weight excluding hydrogens is 274 g/mol. The van der Waals surface area contributed by atoms with E-state index in [9.17, 15) is 17.2 Å². The minimum absolute atomic E-state index is 0.0581. The highest BCUT2D eigenvalue weighted by molar-refractivity contribution is 7.89. The highest BCUT2D eigenvalue weighted by Crippen LogP contribution is 2.44. The van der Waals surface area contributed by atoms with Gasteiger partial charge in [0.15, 0.2) is 11.6 Å². The molecule has 0 aromatic heterocycles. The fourth-order valence-corrected chi connectivity index (χ4v) is 3.00. The number of hydrogen-bond acceptors (Lipinski definition) is 3. The maximum Gasteiger partial charge on any atom is 0.243 e. The summed E-state index contributed by atoms with van der Waals surface area (Å²) in [6.45, 7) is 2.10. The molecule has 0 heterocycles. The van der Waals surface area contributed by atoms with Gasteiger partial charge in [-0.1, -0.05) is 6.92 Å². The molecular formula is C12H16F2N2O2S. The maximum atomic E-state index is 13.6. The molecule has 1 aromatic rings. The quantitative estimate of drug-likeness (QED) is 0.863. The average Bonchev–Trinajstić information content (AvgIpc) is 3.09. The lowest BCUT2D eigenvalue weighted by Gasteiger charge is -2.12. The van der Waals surface area contributed by atoms with Crippen LogP contribution in [0, 0.1) is 17.0 Å². The van der Waals surface area contributed by atoms with Gasteiger partial charge in [0.25, 0.3) is 0 Å². The molecule has 0 bridgehead atoms. The molecule has 7 heteroatoms. The molecule has 1 aromatic carbocycles. The van der Waals surface area contributed by atoms with Crippen molar-refractivity contribution in [2.75, 3.05) is 6.54 Å². The molecule has 0 unspecified atom stereocenters. The second kappa shape index (κ2) is 4.81. The first-order chi connectivity index (χ1) is 8.77. The molecule has 106 valence electrons. The minimum atomic E-state index is -4.06. The molecule has 0 saturated heterocycles. The largest absolute Gasteiger partial charge is 0.326 e. The van der Waals surface area contributed by atoms with E-state index in [2.05, 4.69) is 4.72 Å². The molecule has 3 N–H and O–H groups in total. The fraction of sp³-hybridized carbons (Fsp3) is 0.500. The first-order valence-corrected chi connectivity index (χ1v) is 7.43. The van der Waals surface area contributed by atoms with Crippen molar-refractivity contribution < 1.29 is 17.2 Å². The van der Waals surface area contributed by atoms with Gasteiger partial charge in [0.05, 0.1) is 0 Å². The summed E-state index contributed by atoms with van der Waals surface area (Å²) in [7, 11) is -4.06. The lowest BCUT2D eigenvalue weighted by atomic mass is 10.2. The molecule has 0 amide bonds. The van der Waals surface area contributed by atoms with E-state index in [1.807, 2.05) is 6.92 Å². The first-order valence-electron chi connectivity index (χ1n) is 5.95. The molecule has 1 fully saturated rings. The molecule has 2 rings (SSSR count). The van der Waals surface area contributed by atoms with Crippen molar-refractivity contribution in [2.24, 2.45) is 11.1 Å². The van der Waals surface area contributed by atoms with Crippen LogP contribution in [0.15, 0.2) is 17.0 Å². The van der Waals surface area contributed by atoms with Gasteiger partial charge in [-0.3, -0.25) is 0 Å². The molecule has 4 nitrogen and oxygen atoms in total. The highest BCUT2D eigenvalue weighted by Gasteiger charge is 2.38. The summed E-state index contributed by atoms with van der Waals surface area (Å²) in [4.78, 5) is -0.683. The summed E-state index contributed by atoms with van der Waals surface area (Å²) in [5, 5.41) is 0. The van der Waals surface area contributed by atoms with Gasteiger partial charge in [0.1, 0.15) is 4.90 Å². The van der Waals surface area contributed by atoms with Crippen LogP contribution in [0.1, 0.15) is 25.3 Å². The standard InChI is InChI=1S/C12H16F2N2O2S/c1-12(2-3-12)7-16-19(17,18)10-5-8(6-15)4-9(13)11(10)14/h4-5,16H,2-3,6-7,15H2,1H3. The summed E-state index contributed by atoms with van der Waals surface area (Å²) in [5.74, 6) is -2.58. The van der Waals surface area contributed by atoms with Crippen LogP contribution in [-0.4, -0.2) is 15.0 Å². The summed E-state index contributed by atoms with van der Waals surface area (Å²) in [5.41, 5.74) is 5.50. The van der Waals surface area contributed by atoms with Crippen molar-refractivity contribution >= 4 is 10.0 Å². The number of benzene rings is 1. The summed E-state index contributed by atoms with van der Waals surface area (Å²) in [6.07, 6.45) is 1.85. The Morgan fingerprint density at radius 1 is 1.37 bits per heavy atom. The number of rotatable bonds is 5. The zero-order valence-corrected chi connectivity index (χ0v) is 11.4. The number of nitrogens with two attached hydrogens (primary N) is 1. The molecule has 19 heavy (non-hydrogen) atoms. The van der Waals surface area contributed by atoms with E-state index in [0.717, 1.165) is 25.0 Å². The van der Waals surface area contributed by atoms with Crippen LogP contribution < -0.4 is 10.5 Å². The first kappa shape index (κ1) is 14.4. The lowest BCUT2D eigenvalue weighted by Crippen LogP contribution is -2.30. The van der Waals surface area contributed by atoms with Crippen LogP contribution in [0.2, 0.25) is 0 Å². The Morgan fingerprint density at radius 3 is 2.53 bits per heavy atom. The zero-order valence-electron chi connectivity index (χ0n) is 10.5. The van der Waals surface area contributed by atoms with Gasteiger partial charge in [-0.25, -0.2) is 21.9 Å². The van der Waals surface area contributed by atoms with Crippen molar-refractivity contribution in [3.05, 3.63) is 29.3 Å². The third-order valence-electron chi connectivity index (χ3n) is 3.37. The average molecular weight is 290 g/mol. The Hall–Kier alpha value is -1.05. The number of halogens is 2. The molecule has 1 aliphatic rings. The summed E-state index contributed by atoms with van der Waals surface area (Å²) in [6, 6.07) is 1.96. The van der Waals surface area contributed by atoms with Crippen molar-refractivity contribution in [2.45, 2.75) is 31.2 Å². The predicted molar refractivity (Wildman–Crippen MR) is 66.8 cm³/mol. The molecule has 0 radical (unpaired) electrons. The van der Waals surface area contributed by atoms with Gasteiger partial charge in [0, 0.05) is 13.1 Å². The van der Waals surface area contributed by atoms with Crippen LogP contribution in [0.5, 0.6) is 0 Å². The van der Waals surface area contributed by atoms with Crippen LogP contribution in [0.3, 0.4) is 0 Å². The van der Waals surface area contributed by atoms with Crippen molar-refractivity contribution in [1.82, 2.24) is 4.72 Å². The van der Waals surface area contributed by atoms with Gasteiger partial charge in [0.2, 0.25) is 10.0 Å². The second-order valence-electron chi connectivity index (χ2n) is 5.23. The van der Waals surface area contributed by atoms with Crippen molar-refractivity contribution in [1.29, 1.82) is 0 Å². The Labute approximate surface area is 111 Å². The van der Waals surface area contributed by atoms with Gasteiger partial charge in [-0.2, -0.15) is 0 Å². The summed E-state index contributed by atoms with van der Waals surface area (Å²) >= 11 is 0. The van der Waals surface area contributed by atoms with Gasteiger partial charge >= 0.3 is 0 Å². The Morgan fingerprint density at radius 2 is 2.00 bits per heavy atom. The Kier molecular flexibility index (Phi) is 3.63. The van der Waals surface area contributed by atoms with Crippen LogP contribution in [0.25, 0.3) is 0 Å². The van der Waals surface area contributed by atoms with Crippen LogP contribution >= 0.6 is 0 Å². The van der Waals surface area contributed by atoms with E-state index < -0.39 is 26.6 Å². The smallest absolute Gasteiger partial charge is 0.243 e. The van der Waals surface area contributed by atoms with E-state index in [1.165, 1.54) is 0 Å². The Bertz CT molecular complexity index is 598. The van der Waals surface area contributed by atoms with Crippen LogP contribution in [-0.2, 0) is 16.6 Å². The Balaban J connectivity index is 2.30. The van der Waals surface area contributed by atoms with Gasteiger partial charge < -0.3 is 5.73 Å². The van der Waals surface area contributed by atoms with Gasteiger partial charge in [-0.15, -0.1) is 0 Å². The van der Waals surface area contributed by atoms with E-state index in [4.69, 9.17) is 5.73 Å². The molecule has 1 saturated carbocycles. The molecule has 0 atom stereocenters. The number of sulfonamides is 1. The maximum absolute atomic E-state index is 13.6. The SMILES string of the molecule is CC1(CNS(=O)(=O)c2cc(CN)cc(F)c2F)CC1. The van der Waals surface area contributed by atoms with Crippen LogP contribution in [0.4, 0.5) is 8.78 Å². The number of hydrogen-bond donors (Lipinski definition) is 2. The zero-order chi connectivity index (χ0) is 14.3. The van der Waals surface area contributed by atoms with E-state index in [1.54, 1.807) is 0 Å². The normalized spacial score (nSPS) is 17.5. The monoisotopic (exact) mass is 290 g/mol. The second-order valence-corrected chi connectivity index (χ2v) is 6.96. The fourth-order valence-electron chi connectivity index (χ4n) is 1.67. The lowest BCUT2D eigenvalue weighted by molar-refractivity contribution is 0.478. The van der Waals surface area contributed by atoms with Crippen molar-refractivity contribution in [3.8, 4) is 0 Å². The predicted octanol–water partition coefficient (Wildman–Crippen LogP) is 1.50. The summed E-state index contributed by atoms with van der Waals surface area (Å²) < 4.78 is 53.2. The van der Waals surface area contributed by atoms with E-state index in [-0.39, 0.29) is 24.1 Å². The van der Waals surface area contributed by atoms with Gasteiger partial charge in [-0.05, 0) is 36.0 Å². The highest BCUT2D eigenvalue weighted by atomic mass is 32.2. The minimum Gasteiger partial charge on any atom is -0.326 e. The molecule has 0 spiro atoms. The third kappa shape index (κ3) is 3.10. The van der Waals surface area contributed by atoms with E-state index in [0.29, 0.717) is 0 Å². The van der Waals surface area contributed by atoms with Crippen molar-refractivity contribution in [3.63, 3.8) is 0 Å². The molecule has 0 aliphatic heterocycles. The molecule has 1 aliphatic carbocycles. The number of nitrogens with one attached hydrogen (secondary N) is 1.